The van der Waals surface area contributed by atoms with Crippen LogP contribution in [0.4, 0.5) is 4.79 Å². The fourth-order valence-electron chi connectivity index (χ4n) is 3.96. The van der Waals surface area contributed by atoms with Crippen molar-refractivity contribution in [1.82, 2.24) is 14.8 Å². The highest BCUT2D eigenvalue weighted by Crippen LogP contribution is 2.36. The summed E-state index contributed by atoms with van der Waals surface area (Å²) in [6, 6.07) is 21.0. The number of hydrogen-bond acceptors (Lipinski definition) is 1. The molecule has 144 valence electrons. The predicted molar refractivity (Wildman–Crippen MR) is 113 cm³/mol. The lowest BCUT2D eigenvalue weighted by molar-refractivity contribution is 0.180. The highest BCUT2D eigenvalue weighted by Gasteiger charge is 2.32. The van der Waals surface area contributed by atoms with Gasteiger partial charge < -0.3 is 14.8 Å². The minimum absolute atomic E-state index is 0.0177. The molecule has 0 spiro atoms. The van der Waals surface area contributed by atoms with Crippen molar-refractivity contribution >= 4 is 6.03 Å². The van der Waals surface area contributed by atoms with Gasteiger partial charge in [-0.05, 0) is 47.7 Å². The third kappa shape index (κ3) is 3.31. The molecule has 1 aliphatic rings. The third-order valence-corrected chi connectivity index (χ3v) is 5.45. The van der Waals surface area contributed by atoms with Gasteiger partial charge in [0.2, 0.25) is 0 Å². The number of hydrogen-bond donors (Lipinski definition) is 1. The van der Waals surface area contributed by atoms with Gasteiger partial charge in [-0.15, -0.1) is 0 Å². The molecule has 0 fully saturated rings. The molecule has 2 heterocycles. The number of nitrogens with one attached hydrogen (secondary N) is 1. The lowest BCUT2D eigenvalue weighted by Gasteiger charge is -2.31. The molecule has 1 N–H and O–H groups in total. The molecule has 0 unspecified atom stereocenters. The molecule has 0 saturated carbocycles. The monoisotopic (exact) mass is 373 g/mol. The molecule has 1 aliphatic heterocycles. The lowest BCUT2D eigenvalue weighted by atomic mass is 10.00. The number of fused-ring (bicyclic) bond motifs is 3. The summed E-state index contributed by atoms with van der Waals surface area (Å²) in [6.45, 7) is 5.49. The van der Waals surface area contributed by atoms with Crippen molar-refractivity contribution < 1.29 is 4.79 Å². The Kier molecular flexibility index (Phi) is 5.20. The molecule has 0 bridgehead atoms. The Morgan fingerprint density at radius 1 is 1.04 bits per heavy atom. The summed E-state index contributed by atoms with van der Waals surface area (Å²) in [6.07, 6.45) is 4.02. The molecule has 4 nitrogen and oxygen atoms in total. The summed E-state index contributed by atoms with van der Waals surface area (Å²) in [5.41, 5.74) is 5.85. The molecular weight excluding hydrogens is 346 g/mol. The van der Waals surface area contributed by atoms with Gasteiger partial charge in [0, 0.05) is 18.4 Å². The van der Waals surface area contributed by atoms with Crippen molar-refractivity contribution in [3.8, 4) is 5.69 Å². The molecular formula is C24H27N3O. The zero-order valence-electron chi connectivity index (χ0n) is 16.6. The molecule has 1 atom stereocenters. The van der Waals surface area contributed by atoms with E-state index in [-0.39, 0.29) is 12.1 Å². The Morgan fingerprint density at radius 2 is 1.82 bits per heavy atom. The topological polar surface area (TPSA) is 37.3 Å². The molecule has 0 radical (unpaired) electrons. The van der Waals surface area contributed by atoms with Crippen molar-refractivity contribution in [3.63, 3.8) is 0 Å². The van der Waals surface area contributed by atoms with Crippen molar-refractivity contribution in [2.75, 3.05) is 6.54 Å². The van der Waals surface area contributed by atoms with Crippen LogP contribution in [-0.2, 0) is 13.0 Å². The summed E-state index contributed by atoms with van der Waals surface area (Å²) in [5.74, 6) is 0. The second-order valence-corrected chi connectivity index (χ2v) is 7.29. The minimum Gasteiger partial charge on any atom is -0.338 e. The van der Waals surface area contributed by atoms with Gasteiger partial charge in [0.25, 0.3) is 0 Å². The van der Waals surface area contributed by atoms with E-state index in [2.05, 4.69) is 84.5 Å². The van der Waals surface area contributed by atoms with Gasteiger partial charge in [0.05, 0.1) is 18.3 Å². The molecule has 4 rings (SSSR count). The molecule has 1 aromatic heterocycles. The van der Waals surface area contributed by atoms with E-state index in [1.807, 2.05) is 11.0 Å². The van der Waals surface area contributed by atoms with Gasteiger partial charge in [-0.1, -0.05) is 56.3 Å². The van der Waals surface area contributed by atoms with E-state index >= 15 is 0 Å². The maximum Gasteiger partial charge on any atom is 0.318 e. The normalized spacial score (nSPS) is 15.5. The second-order valence-electron chi connectivity index (χ2n) is 7.29. The standard InChI is InChI=1S/C24H27N3O/c1-3-15-25-24(28)27-17-20-8-5-6-9-21(20)26-16-7-10-22(26)23(27)19-13-11-18(4-2)12-14-19/h5-14,16,23H,3-4,15,17H2,1-2H3,(H,25,28)/t23-/m1/s1. The fourth-order valence-corrected chi connectivity index (χ4v) is 3.96. The van der Waals surface area contributed by atoms with E-state index in [1.165, 1.54) is 5.56 Å². The lowest BCUT2D eigenvalue weighted by Crippen LogP contribution is -2.42. The highest BCUT2D eigenvalue weighted by molar-refractivity contribution is 5.76. The first-order valence-corrected chi connectivity index (χ1v) is 10.1. The molecule has 28 heavy (non-hydrogen) atoms. The van der Waals surface area contributed by atoms with Crippen molar-refractivity contribution in [1.29, 1.82) is 0 Å². The Labute approximate surface area is 166 Å². The summed E-state index contributed by atoms with van der Waals surface area (Å²) in [4.78, 5) is 15.1. The number of carbonyl (C=O) groups excluding carboxylic acids is 1. The third-order valence-electron chi connectivity index (χ3n) is 5.45. The molecule has 3 aromatic rings. The van der Waals surface area contributed by atoms with Crippen LogP contribution in [0.25, 0.3) is 5.69 Å². The van der Waals surface area contributed by atoms with Crippen LogP contribution >= 0.6 is 0 Å². The first kappa shape index (κ1) is 18.4. The van der Waals surface area contributed by atoms with Gasteiger partial charge >= 0.3 is 6.03 Å². The van der Waals surface area contributed by atoms with Crippen LogP contribution in [0, 0.1) is 0 Å². The average Bonchev–Trinajstić information content (AvgIpc) is 3.16. The Morgan fingerprint density at radius 3 is 2.57 bits per heavy atom. The summed E-state index contributed by atoms with van der Waals surface area (Å²) >= 11 is 0. The van der Waals surface area contributed by atoms with Gasteiger partial charge in [-0.2, -0.15) is 0 Å². The van der Waals surface area contributed by atoms with Crippen LogP contribution in [0.3, 0.4) is 0 Å². The summed E-state index contributed by atoms with van der Waals surface area (Å²) in [5, 5.41) is 3.08. The second kappa shape index (κ2) is 7.93. The van der Waals surface area contributed by atoms with E-state index in [9.17, 15) is 4.79 Å². The molecule has 2 amide bonds. The van der Waals surface area contributed by atoms with Crippen LogP contribution in [-0.4, -0.2) is 22.0 Å². The largest absolute Gasteiger partial charge is 0.338 e. The maximum absolute atomic E-state index is 13.2. The number of aryl methyl sites for hydroxylation is 1. The molecule has 4 heteroatoms. The average molecular weight is 374 g/mol. The summed E-state index contributed by atoms with van der Waals surface area (Å²) in [7, 11) is 0. The number of carbonyl (C=O) groups is 1. The number of urea groups is 1. The Bertz CT molecular complexity index is 958. The first-order chi connectivity index (χ1) is 13.7. The van der Waals surface area contributed by atoms with E-state index in [1.54, 1.807) is 0 Å². The number of rotatable bonds is 4. The zero-order chi connectivity index (χ0) is 19.5. The van der Waals surface area contributed by atoms with Crippen LogP contribution in [0.15, 0.2) is 66.9 Å². The fraction of sp³-hybridized carbons (Fsp3) is 0.292. The predicted octanol–water partition coefficient (Wildman–Crippen LogP) is 5.06. The van der Waals surface area contributed by atoms with Crippen LogP contribution in [0.2, 0.25) is 0 Å². The number of aromatic nitrogens is 1. The number of para-hydroxylation sites is 1. The molecule has 0 aliphatic carbocycles. The van der Waals surface area contributed by atoms with Crippen molar-refractivity contribution in [3.05, 3.63) is 89.2 Å². The van der Waals surface area contributed by atoms with Crippen molar-refractivity contribution in [2.45, 2.75) is 39.3 Å². The number of nitrogens with zero attached hydrogens (tertiary/aromatic N) is 2. The maximum atomic E-state index is 13.2. The van der Waals surface area contributed by atoms with Gasteiger partial charge in [-0.25, -0.2) is 4.79 Å². The van der Waals surface area contributed by atoms with E-state index in [0.29, 0.717) is 13.1 Å². The van der Waals surface area contributed by atoms with Gasteiger partial charge in [0.15, 0.2) is 0 Å². The van der Waals surface area contributed by atoms with Crippen LogP contribution < -0.4 is 5.32 Å². The Balaban J connectivity index is 1.85. The van der Waals surface area contributed by atoms with E-state index in [0.717, 1.165) is 35.3 Å². The summed E-state index contributed by atoms with van der Waals surface area (Å²) < 4.78 is 2.22. The SMILES string of the molecule is CCCNC(=O)N1Cc2ccccc2-n2cccc2[C@H]1c1ccc(CC)cc1. The zero-order valence-corrected chi connectivity index (χ0v) is 16.6. The van der Waals surface area contributed by atoms with E-state index in [4.69, 9.17) is 0 Å². The quantitative estimate of drug-likeness (QED) is 0.681. The first-order valence-electron chi connectivity index (χ1n) is 10.1. The Hall–Kier alpha value is -3.01. The molecule has 0 saturated heterocycles. The smallest absolute Gasteiger partial charge is 0.318 e. The molecule has 2 aromatic carbocycles. The van der Waals surface area contributed by atoms with Gasteiger partial charge in [-0.3, -0.25) is 0 Å². The van der Waals surface area contributed by atoms with E-state index < -0.39 is 0 Å². The number of amides is 2. The van der Waals surface area contributed by atoms with Crippen molar-refractivity contribution in [2.24, 2.45) is 0 Å². The van der Waals surface area contributed by atoms with Gasteiger partial charge in [0.1, 0.15) is 0 Å². The van der Waals surface area contributed by atoms with Crippen LogP contribution in [0.1, 0.15) is 48.7 Å². The minimum atomic E-state index is -0.134. The van der Waals surface area contributed by atoms with Crippen LogP contribution in [0.5, 0.6) is 0 Å². The number of benzene rings is 2. The highest BCUT2D eigenvalue weighted by atomic mass is 16.2.